The first kappa shape index (κ1) is 30.6. The number of fused-ring (bicyclic) bond motifs is 3. The van der Waals surface area contributed by atoms with Crippen molar-refractivity contribution in [2.75, 3.05) is 35.1 Å². The zero-order valence-electron chi connectivity index (χ0n) is 24.7. The smallest absolute Gasteiger partial charge is 0.354 e. The number of nitrogens with one attached hydrogen (secondary N) is 2. The van der Waals surface area contributed by atoms with Gasteiger partial charge in [-0.25, -0.2) is 4.79 Å². The van der Waals surface area contributed by atoms with Crippen LogP contribution in [0.2, 0.25) is 0 Å². The molecule has 1 aliphatic heterocycles. The van der Waals surface area contributed by atoms with Gasteiger partial charge in [0.2, 0.25) is 17.7 Å². The van der Waals surface area contributed by atoms with E-state index in [4.69, 9.17) is 21.1 Å². The van der Waals surface area contributed by atoms with Crippen molar-refractivity contribution in [3.05, 3.63) is 83.7 Å². The van der Waals surface area contributed by atoms with Crippen molar-refractivity contribution in [2.24, 2.45) is 7.05 Å². The molecule has 0 fully saturated rings. The fraction of sp³-hybridized carbons (Fsp3) is 0.273. The normalized spacial score (nSPS) is 13.8. The monoisotopic (exact) mass is 616 g/mol. The van der Waals surface area contributed by atoms with Gasteiger partial charge in [-0.15, -0.1) is 11.6 Å². The Morgan fingerprint density at radius 3 is 2.43 bits per heavy atom. The number of rotatable bonds is 10. The van der Waals surface area contributed by atoms with E-state index >= 15 is 0 Å². The minimum atomic E-state index is -0.518. The summed E-state index contributed by atoms with van der Waals surface area (Å²) >= 11 is 6.43. The molecule has 1 atom stereocenters. The molecule has 0 saturated carbocycles. The number of carbonyl (C=O) groups is 4. The van der Waals surface area contributed by atoms with Crippen LogP contribution in [0.3, 0.4) is 0 Å². The molecule has 5 rings (SSSR count). The van der Waals surface area contributed by atoms with Crippen molar-refractivity contribution in [1.29, 1.82) is 0 Å². The van der Waals surface area contributed by atoms with E-state index in [1.165, 1.54) is 20.1 Å². The maximum atomic E-state index is 13.6. The first-order valence-corrected chi connectivity index (χ1v) is 14.7. The summed E-state index contributed by atoms with van der Waals surface area (Å²) < 4.78 is 12.6. The van der Waals surface area contributed by atoms with Crippen LogP contribution in [-0.4, -0.2) is 47.8 Å². The summed E-state index contributed by atoms with van der Waals surface area (Å²) in [5, 5.41) is 7.24. The lowest BCUT2D eigenvalue weighted by Gasteiger charge is -2.20. The van der Waals surface area contributed by atoms with Gasteiger partial charge in [0, 0.05) is 68.5 Å². The zero-order chi connectivity index (χ0) is 31.4. The van der Waals surface area contributed by atoms with Crippen molar-refractivity contribution in [3.8, 4) is 5.75 Å². The molecule has 0 aliphatic carbocycles. The van der Waals surface area contributed by atoms with Crippen LogP contribution >= 0.6 is 11.6 Å². The van der Waals surface area contributed by atoms with E-state index in [1.807, 2.05) is 54.6 Å². The Morgan fingerprint density at radius 2 is 1.73 bits per heavy atom. The summed E-state index contributed by atoms with van der Waals surface area (Å²) in [6.07, 6.45) is 1.52. The van der Waals surface area contributed by atoms with Crippen LogP contribution in [0.15, 0.2) is 66.9 Å². The predicted octanol–water partition coefficient (Wildman–Crippen LogP) is 5.59. The molecule has 2 heterocycles. The van der Waals surface area contributed by atoms with Crippen molar-refractivity contribution < 1.29 is 28.7 Å². The number of aromatic nitrogens is 1. The van der Waals surface area contributed by atoms with Crippen molar-refractivity contribution in [2.45, 2.75) is 32.3 Å². The molecule has 11 heteroatoms. The number of amides is 3. The second-order valence-electron chi connectivity index (χ2n) is 10.6. The van der Waals surface area contributed by atoms with Gasteiger partial charge in [-0.2, -0.15) is 0 Å². The fourth-order valence-corrected chi connectivity index (χ4v) is 5.73. The number of nitrogens with zero attached hydrogens (tertiary/aromatic N) is 2. The minimum absolute atomic E-state index is 0.0311. The summed E-state index contributed by atoms with van der Waals surface area (Å²) in [6.45, 7) is 2.13. The van der Waals surface area contributed by atoms with Crippen molar-refractivity contribution in [3.63, 3.8) is 0 Å². The molecule has 0 radical (unpaired) electrons. The third kappa shape index (κ3) is 6.55. The molecule has 44 heavy (non-hydrogen) atoms. The fourth-order valence-electron chi connectivity index (χ4n) is 5.48. The maximum Gasteiger partial charge on any atom is 0.354 e. The summed E-state index contributed by atoms with van der Waals surface area (Å²) in [7, 11) is 2.96. The summed E-state index contributed by atoms with van der Waals surface area (Å²) in [5.74, 6) is -0.567. The number of halogens is 1. The van der Waals surface area contributed by atoms with E-state index in [-0.39, 0.29) is 36.5 Å². The number of benzene rings is 3. The molecule has 1 unspecified atom stereocenters. The van der Waals surface area contributed by atoms with Crippen LogP contribution in [0.5, 0.6) is 5.75 Å². The number of hydrogen-bond donors (Lipinski definition) is 2. The Balaban J connectivity index is 1.40. The standard InChI is InChI=1S/C33H33ClN4O6/c1-20(39)35-23-9-10-25-26(13-23)29(44-19-21-7-5-4-6-8-21)15-27-32(25)22(16-34)17-38(27)31(41)12-11-30(40)36-24-14-28(33(42)43-3)37(2)18-24/h4-10,13-15,18,22H,11-12,16-17,19H2,1-3H3,(H,35,39)(H,36,40). The van der Waals surface area contributed by atoms with Gasteiger partial charge in [0.1, 0.15) is 18.1 Å². The highest BCUT2D eigenvalue weighted by atomic mass is 35.5. The second-order valence-corrected chi connectivity index (χ2v) is 11.0. The number of carbonyl (C=O) groups excluding carboxylic acids is 4. The van der Waals surface area contributed by atoms with Crippen LogP contribution in [0, 0.1) is 0 Å². The molecule has 3 amide bonds. The lowest BCUT2D eigenvalue weighted by Crippen LogP contribution is -2.30. The summed E-state index contributed by atoms with van der Waals surface area (Å²) in [6, 6.07) is 18.7. The lowest BCUT2D eigenvalue weighted by atomic mass is 9.95. The Hall–Kier alpha value is -4.83. The van der Waals surface area contributed by atoms with Gasteiger partial charge >= 0.3 is 5.97 Å². The Morgan fingerprint density at radius 1 is 0.955 bits per heavy atom. The second kappa shape index (κ2) is 13.2. The molecule has 228 valence electrons. The zero-order valence-corrected chi connectivity index (χ0v) is 25.4. The van der Waals surface area contributed by atoms with Gasteiger partial charge in [0.05, 0.1) is 18.5 Å². The van der Waals surface area contributed by atoms with Crippen molar-refractivity contribution >= 4 is 63.1 Å². The molecule has 0 saturated heterocycles. The number of esters is 1. The molecule has 3 aromatic carbocycles. The van der Waals surface area contributed by atoms with Crippen LogP contribution in [0.4, 0.5) is 17.1 Å². The minimum Gasteiger partial charge on any atom is -0.488 e. The Labute approximate surface area is 259 Å². The van der Waals surface area contributed by atoms with E-state index in [2.05, 4.69) is 10.6 Å². The molecule has 1 aromatic heterocycles. The third-order valence-corrected chi connectivity index (χ3v) is 7.89. The Bertz CT molecular complexity index is 1740. The third-order valence-electron chi connectivity index (χ3n) is 7.51. The van der Waals surface area contributed by atoms with Crippen LogP contribution in [-0.2, 0) is 32.8 Å². The van der Waals surface area contributed by atoms with Gasteiger partial charge in [0.15, 0.2) is 0 Å². The van der Waals surface area contributed by atoms with E-state index in [1.54, 1.807) is 22.7 Å². The highest BCUT2D eigenvalue weighted by Crippen LogP contribution is 2.46. The molecule has 10 nitrogen and oxygen atoms in total. The van der Waals surface area contributed by atoms with E-state index in [9.17, 15) is 19.2 Å². The van der Waals surface area contributed by atoms with Gasteiger partial charge in [-0.05, 0) is 34.7 Å². The van der Waals surface area contributed by atoms with E-state index < -0.39 is 5.97 Å². The quantitative estimate of drug-likeness (QED) is 0.177. The highest BCUT2D eigenvalue weighted by Gasteiger charge is 2.35. The average molecular weight is 617 g/mol. The average Bonchev–Trinajstić information content (AvgIpc) is 3.58. The number of ether oxygens (including phenoxy) is 2. The van der Waals surface area contributed by atoms with Gasteiger partial charge in [-0.3, -0.25) is 14.4 Å². The van der Waals surface area contributed by atoms with Crippen LogP contribution in [0.1, 0.15) is 47.3 Å². The Kier molecular flexibility index (Phi) is 9.20. The first-order chi connectivity index (χ1) is 21.2. The van der Waals surface area contributed by atoms with E-state index in [0.29, 0.717) is 47.5 Å². The number of anilines is 3. The van der Waals surface area contributed by atoms with Crippen LogP contribution < -0.4 is 20.3 Å². The molecule has 2 N–H and O–H groups in total. The molecule has 0 bridgehead atoms. The van der Waals surface area contributed by atoms with Crippen molar-refractivity contribution in [1.82, 2.24) is 4.57 Å². The molecular weight excluding hydrogens is 584 g/mol. The topological polar surface area (TPSA) is 119 Å². The largest absolute Gasteiger partial charge is 0.488 e. The SMILES string of the molecule is COC(=O)c1cc(NC(=O)CCC(=O)N2CC(CCl)c3c2cc(OCc2ccccc2)c2cc(NC(C)=O)ccc32)cn1C. The molecular formula is C33H33ClN4O6. The number of hydrogen-bond acceptors (Lipinski definition) is 6. The maximum absolute atomic E-state index is 13.6. The molecule has 0 spiro atoms. The van der Waals surface area contributed by atoms with Gasteiger partial charge in [0.25, 0.3) is 0 Å². The first-order valence-electron chi connectivity index (χ1n) is 14.1. The number of aryl methyl sites for hydroxylation is 1. The van der Waals surface area contributed by atoms with E-state index in [0.717, 1.165) is 21.9 Å². The molecule has 4 aromatic rings. The predicted molar refractivity (Wildman–Crippen MR) is 169 cm³/mol. The summed E-state index contributed by atoms with van der Waals surface area (Å²) in [4.78, 5) is 51.6. The number of alkyl halides is 1. The van der Waals surface area contributed by atoms with Crippen LogP contribution in [0.25, 0.3) is 10.8 Å². The van der Waals surface area contributed by atoms with Gasteiger partial charge in [-0.1, -0.05) is 36.4 Å². The van der Waals surface area contributed by atoms with Gasteiger partial charge < -0.3 is 29.6 Å². The summed E-state index contributed by atoms with van der Waals surface area (Å²) in [5.41, 5.74) is 3.95. The highest BCUT2D eigenvalue weighted by molar-refractivity contribution is 6.19. The lowest BCUT2D eigenvalue weighted by molar-refractivity contribution is -0.122. The number of methoxy groups -OCH3 is 1. The molecule has 1 aliphatic rings.